The number of primary amides is 1. The standard InChI is InChI=1S/C23H26N2O5/c1-14-18(23(24)26)12-19(17-8-7-16(27-2)11-21(17)29-4)25(14)13-15-6-9-20(28-3)22(10-15)30-5/h6-12H,13H2,1-5H3,(H2,24,26). The second-order valence-corrected chi connectivity index (χ2v) is 6.73. The van der Waals surface area contributed by atoms with E-state index in [1.54, 1.807) is 34.5 Å². The quantitative estimate of drug-likeness (QED) is 0.613. The fraction of sp³-hybridized carbons (Fsp3) is 0.261. The van der Waals surface area contributed by atoms with Crippen LogP contribution in [0.3, 0.4) is 0 Å². The lowest BCUT2D eigenvalue weighted by Gasteiger charge is -2.16. The topological polar surface area (TPSA) is 84.9 Å². The van der Waals surface area contributed by atoms with Gasteiger partial charge >= 0.3 is 0 Å². The van der Waals surface area contributed by atoms with E-state index in [-0.39, 0.29) is 0 Å². The zero-order valence-electron chi connectivity index (χ0n) is 17.8. The lowest BCUT2D eigenvalue weighted by molar-refractivity contribution is 0.0999. The summed E-state index contributed by atoms with van der Waals surface area (Å²) in [7, 11) is 6.40. The number of hydrogen-bond acceptors (Lipinski definition) is 5. The molecule has 1 heterocycles. The van der Waals surface area contributed by atoms with Crippen LogP contribution < -0.4 is 24.7 Å². The Balaban J connectivity index is 2.15. The summed E-state index contributed by atoms with van der Waals surface area (Å²) in [4.78, 5) is 12.0. The molecule has 30 heavy (non-hydrogen) atoms. The fourth-order valence-corrected chi connectivity index (χ4v) is 3.49. The molecule has 3 aromatic rings. The minimum absolute atomic E-state index is 0.461. The molecule has 0 aliphatic heterocycles. The van der Waals surface area contributed by atoms with Gasteiger partial charge in [-0.2, -0.15) is 0 Å². The van der Waals surface area contributed by atoms with Gasteiger partial charge in [0.05, 0.1) is 39.7 Å². The van der Waals surface area contributed by atoms with E-state index >= 15 is 0 Å². The highest BCUT2D eigenvalue weighted by Gasteiger charge is 2.20. The molecule has 7 nitrogen and oxygen atoms in total. The lowest BCUT2D eigenvalue weighted by atomic mass is 10.1. The SMILES string of the molecule is COc1ccc(-c2cc(C(N)=O)c(C)n2Cc2ccc(OC)c(OC)c2)c(OC)c1. The molecule has 0 atom stereocenters. The third-order valence-corrected chi connectivity index (χ3v) is 5.11. The molecule has 2 N–H and O–H groups in total. The molecule has 0 bridgehead atoms. The van der Waals surface area contributed by atoms with Crippen molar-refractivity contribution in [2.45, 2.75) is 13.5 Å². The van der Waals surface area contributed by atoms with Gasteiger partial charge in [-0.3, -0.25) is 4.79 Å². The second-order valence-electron chi connectivity index (χ2n) is 6.73. The minimum atomic E-state index is -0.479. The number of ether oxygens (including phenoxy) is 4. The van der Waals surface area contributed by atoms with Crippen LogP contribution in [0, 0.1) is 6.92 Å². The van der Waals surface area contributed by atoms with Gasteiger partial charge < -0.3 is 29.2 Å². The van der Waals surface area contributed by atoms with Gasteiger partial charge in [0, 0.05) is 23.9 Å². The van der Waals surface area contributed by atoms with Crippen LogP contribution in [-0.2, 0) is 6.54 Å². The van der Waals surface area contributed by atoms with Gasteiger partial charge in [-0.15, -0.1) is 0 Å². The summed E-state index contributed by atoms with van der Waals surface area (Å²) < 4.78 is 23.7. The molecule has 0 fully saturated rings. The minimum Gasteiger partial charge on any atom is -0.497 e. The monoisotopic (exact) mass is 410 g/mol. The van der Waals surface area contributed by atoms with E-state index < -0.39 is 5.91 Å². The smallest absolute Gasteiger partial charge is 0.250 e. The third-order valence-electron chi connectivity index (χ3n) is 5.11. The van der Waals surface area contributed by atoms with Crippen LogP contribution in [-0.4, -0.2) is 38.9 Å². The first-order valence-electron chi connectivity index (χ1n) is 9.36. The van der Waals surface area contributed by atoms with E-state index in [1.165, 1.54) is 0 Å². The zero-order valence-corrected chi connectivity index (χ0v) is 17.8. The van der Waals surface area contributed by atoms with Crippen LogP contribution in [0.5, 0.6) is 23.0 Å². The highest BCUT2D eigenvalue weighted by atomic mass is 16.5. The summed E-state index contributed by atoms with van der Waals surface area (Å²) in [5.41, 5.74) is 9.48. The Bertz CT molecular complexity index is 1070. The number of hydrogen-bond donors (Lipinski definition) is 1. The predicted octanol–water partition coefficient (Wildman–Crippen LogP) is 3.65. The van der Waals surface area contributed by atoms with E-state index in [0.29, 0.717) is 35.1 Å². The van der Waals surface area contributed by atoms with Crippen LogP contribution in [0.15, 0.2) is 42.5 Å². The van der Waals surface area contributed by atoms with Gasteiger partial charge in [-0.05, 0) is 42.8 Å². The van der Waals surface area contributed by atoms with Crippen molar-refractivity contribution in [2.75, 3.05) is 28.4 Å². The van der Waals surface area contributed by atoms with Crippen molar-refractivity contribution in [3.05, 3.63) is 59.3 Å². The van der Waals surface area contributed by atoms with Crippen molar-refractivity contribution in [3.8, 4) is 34.3 Å². The van der Waals surface area contributed by atoms with Crippen molar-refractivity contribution in [1.82, 2.24) is 4.57 Å². The van der Waals surface area contributed by atoms with Crippen LogP contribution in [0.2, 0.25) is 0 Å². The number of methoxy groups -OCH3 is 4. The molecule has 0 aliphatic carbocycles. The van der Waals surface area contributed by atoms with E-state index in [4.69, 9.17) is 24.7 Å². The average molecular weight is 410 g/mol. The maximum Gasteiger partial charge on any atom is 0.250 e. The van der Waals surface area contributed by atoms with Crippen molar-refractivity contribution >= 4 is 5.91 Å². The van der Waals surface area contributed by atoms with E-state index in [2.05, 4.69) is 0 Å². The molecular weight excluding hydrogens is 384 g/mol. The van der Waals surface area contributed by atoms with E-state index in [1.807, 2.05) is 47.9 Å². The highest BCUT2D eigenvalue weighted by Crippen LogP contribution is 2.36. The molecule has 7 heteroatoms. The lowest BCUT2D eigenvalue weighted by Crippen LogP contribution is -2.12. The number of nitrogens with two attached hydrogens (primary N) is 1. The molecule has 2 aromatic carbocycles. The zero-order chi connectivity index (χ0) is 21.8. The van der Waals surface area contributed by atoms with Crippen LogP contribution >= 0.6 is 0 Å². The number of rotatable bonds is 8. The molecule has 0 radical (unpaired) electrons. The molecule has 1 aromatic heterocycles. The first-order valence-corrected chi connectivity index (χ1v) is 9.36. The maximum absolute atomic E-state index is 12.0. The maximum atomic E-state index is 12.0. The van der Waals surface area contributed by atoms with Gasteiger partial charge in [0.2, 0.25) is 0 Å². The van der Waals surface area contributed by atoms with E-state index in [0.717, 1.165) is 22.5 Å². The van der Waals surface area contributed by atoms with E-state index in [9.17, 15) is 4.79 Å². The molecular formula is C23H26N2O5. The number of carbonyl (C=O) groups is 1. The first kappa shape index (κ1) is 21.1. The van der Waals surface area contributed by atoms with Crippen molar-refractivity contribution < 1.29 is 23.7 Å². The molecule has 158 valence electrons. The normalized spacial score (nSPS) is 10.6. The Kier molecular flexibility index (Phi) is 6.20. The Labute approximate surface area is 175 Å². The number of aromatic nitrogens is 1. The molecule has 0 aliphatic rings. The fourth-order valence-electron chi connectivity index (χ4n) is 3.49. The Hall–Kier alpha value is -3.61. The molecule has 0 saturated carbocycles. The van der Waals surface area contributed by atoms with Gasteiger partial charge in [0.15, 0.2) is 11.5 Å². The molecule has 0 unspecified atom stereocenters. The highest BCUT2D eigenvalue weighted by molar-refractivity contribution is 5.96. The summed E-state index contributed by atoms with van der Waals surface area (Å²) in [6.45, 7) is 2.38. The van der Waals surface area contributed by atoms with Gasteiger partial charge in [0.1, 0.15) is 11.5 Å². The molecule has 0 spiro atoms. The Morgan fingerprint density at radius 2 is 1.57 bits per heavy atom. The first-order chi connectivity index (χ1) is 14.4. The van der Waals surface area contributed by atoms with Gasteiger partial charge in [0.25, 0.3) is 5.91 Å². The third kappa shape index (κ3) is 3.91. The largest absolute Gasteiger partial charge is 0.497 e. The van der Waals surface area contributed by atoms with Crippen molar-refractivity contribution in [1.29, 1.82) is 0 Å². The van der Waals surface area contributed by atoms with Gasteiger partial charge in [-0.1, -0.05) is 6.07 Å². The van der Waals surface area contributed by atoms with Crippen LogP contribution in [0.1, 0.15) is 21.6 Å². The van der Waals surface area contributed by atoms with Gasteiger partial charge in [-0.25, -0.2) is 0 Å². The number of amides is 1. The molecule has 3 rings (SSSR count). The Morgan fingerprint density at radius 1 is 0.867 bits per heavy atom. The molecule has 1 amide bonds. The summed E-state index contributed by atoms with van der Waals surface area (Å²) >= 11 is 0. The molecule has 0 saturated heterocycles. The summed E-state index contributed by atoms with van der Waals surface area (Å²) in [6, 6.07) is 13.1. The second kappa shape index (κ2) is 8.82. The summed E-state index contributed by atoms with van der Waals surface area (Å²) in [5, 5.41) is 0. The average Bonchev–Trinajstić information content (AvgIpc) is 3.09. The predicted molar refractivity (Wildman–Crippen MR) is 115 cm³/mol. The summed E-state index contributed by atoms with van der Waals surface area (Å²) in [6.07, 6.45) is 0. The van der Waals surface area contributed by atoms with Crippen LogP contribution in [0.4, 0.5) is 0 Å². The Morgan fingerprint density at radius 3 is 2.17 bits per heavy atom. The van der Waals surface area contributed by atoms with Crippen LogP contribution in [0.25, 0.3) is 11.3 Å². The van der Waals surface area contributed by atoms with Crippen molar-refractivity contribution in [2.24, 2.45) is 5.73 Å². The number of benzene rings is 2. The number of carbonyl (C=O) groups excluding carboxylic acids is 1. The van der Waals surface area contributed by atoms with Crippen molar-refractivity contribution in [3.63, 3.8) is 0 Å². The summed E-state index contributed by atoms with van der Waals surface area (Å²) in [5.74, 6) is 2.13. The number of nitrogens with zero attached hydrogens (tertiary/aromatic N) is 1.